The van der Waals surface area contributed by atoms with E-state index in [4.69, 9.17) is 9.47 Å². The van der Waals surface area contributed by atoms with Crippen LogP contribution >= 0.6 is 11.3 Å². The van der Waals surface area contributed by atoms with E-state index in [2.05, 4.69) is 195 Å². The molecule has 0 amide bonds. The second-order valence-electron chi connectivity index (χ2n) is 19.9. The molecule has 0 bridgehead atoms. The summed E-state index contributed by atoms with van der Waals surface area (Å²) >= 11 is 1.94. The molecule has 3 aliphatic heterocycles. The van der Waals surface area contributed by atoms with E-state index in [1.165, 1.54) is 87.5 Å². The van der Waals surface area contributed by atoms with E-state index in [-0.39, 0.29) is 29.8 Å². The van der Waals surface area contributed by atoms with Crippen LogP contribution in [0.2, 0.25) is 0 Å². The van der Waals surface area contributed by atoms with E-state index in [1.54, 1.807) is 0 Å². The van der Waals surface area contributed by atoms with Crippen LogP contribution in [-0.2, 0) is 16.2 Å². The molecule has 4 heterocycles. The summed E-state index contributed by atoms with van der Waals surface area (Å²) in [5.74, 6) is 1.59. The van der Waals surface area contributed by atoms with Gasteiger partial charge in [0.15, 0.2) is 11.5 Å². The third-order valence-corrected chi connectivity index (χ3v) is 13.9. The van der Waals surface area contributed by atoms with Gasteiger partial charge in [-0.05, 0) is 117 Å². The Morgan fingerprint density at radius 3 is 1.81 bits per heavy atom. The average molecular weight is 793 g/mol. The predicted octanol–water partition coefficient (Wildman–Crippen LogP) is 12.9. The van der Waals surface area contributed by atoms with Gasteiger partial charge in [-0.25, -0.2) is 0 Å². The highest BCUT2D eigenvalue weighted by Crippen LogP contribution is 2.52. The Morgan fingerprint density at radius 2 is 1.15 bits per heavy atom. The lowest BCUT2D eigenvalue weighted by molar-refractivity contribution is 0.174. The zero-order valence-electron chi connectivity index (χ0n) is 36.3. The fourth-order valence-electron chi connectivity index (χ4n) is 9.55. The van der Waals surface area contributed by atoms with E-state index in [0.29, 0.717) is 0 Å². The first-order valence-corrected chi connectivity index (χ1v) is 21.9. The largest absolute Gasteiger partial charge is 0.454 e. The maximum Gasteiger partial charge on any atom is 0.264 e. The van der Waals surface area contributed by atoms with Gasteiger partial charge in [0, 0.05) is 43.6 Å². The van der Waals surface area contributed by atoms with Gasteiger partial charge in [0.25, 0.3) is 6.71 Å². The second kappa shape index (κ2) is 13.0. The monoisotopic (exact) mass is 792 g/mol. The number of hydrogen-bond donors (Lipinski definition) is 0. The summed E-state index contributed by atoms with van der Waals surface area (Å²) in [5.41, 5.74) is 18.7. The van der Waals surface area contributed by atoms with Gasteiger partial charge in [0.1, 0.15) is 0 Å². The molecule has 0 radical (unpaired) electrons. The molecule has 0 aliphatic carbocycles. The topological polar surface area (TPSA) is 24.9 Å². The molecule has 6 aromatic carbocycles. The quantitative estimate of drug-likeness (QED) is 0.166. The Hall–Kier alpha value is -5.46. The van der Waals surface area contributed by atoms with E-state index in [9.17, 15) is 0 Å². The number of ether oxygens (including phenoxy) is 2. The lowest BCUT2D eigenvalue weighted by atomic mass is 9.36. The van der Waals surface area contributed by atoms with Crippen LogP contribution in [0, 0.1) is 13.8 Å². The normalized spacial score (nSPS) is 14.5. The number of aryl methyl sites for hydroxylation is 2. The lowest BCUT2D eigenvalue weighted by Gasteiger charge is -2.44. The molecule has 296 valence electrons. The van der Waals surface area contributed by atoms with Crippen molar-refractivity contribution in [1.82, 2.24) is 0 Å². The maximum absolute atomic E-state index is 6.19. The van der Waals surface area contributed by atoms with Crippen molar-refractivity contribution in [1.29, 1.82) is 0 Å². The molecule has 6 heteroatoms. The fourth-order valence-corrected chi connectivity index (χ4v) is 10.9. The minimum Gasteiger partial charge on any atom is -0.454 e. The first-order chi connectivity index (χ1) is 28.0. The number of thiophene rings is 1. The third kappa shape index (κ3) is 5.92. The van der Waals surface area contributed by atoms with Crippen LogP contribution in [0.25, 0.3) is 21.2 Å². The molecule has 0 saturated carbocycles. The summed E-state index contributed by atoms with van der Waals surface area (Å²) in [6, 6.07) is 41.4. The van der Waals surface area contributed by atoms with Crippen LogP contribution in [0.1, 0.15) is 90.1 Å². The average Bonchev–Trinajstić information content (AvgIpc) is 3.81. The molecule has 59 heavy (non-hydrogen) atoms. The molecule has 0 spiro atoms. The molecule has 0 fully saturated rings. The molecule has 4 nitrogen and oxygen atoms in total. The summed E-state index contributed by atoms with van der Waals surface area (Å²) in [6.45, 7) is 25.6. The van der Waals surface area contributed by atoms with E-state index >= 15 is 0 Å². The standard InChI is InChI=1S/C53H53BN2O2S/c1-31-24-36(53(9,10)11)25-32(2)48(31)56-42-19-15-18-41-47(42)54(50-49(56)38-27-35(52(6,7)8)21-23-46(38)59-50)39-28-44-45(58-30-57-44)29-43(39)55(41)40-22-20-34(51(3,4)5)26-37(40)33-16-13-12-14-17-33/h12-29H,30H2,1-11H3. The molecular formula is C53H53BN2O2S. The van der Waals surface area contributed by atoms with E-state index in [1.807, 2.05) is 11.3 Å². The van der Waals surface area contributed by atoms with Crippen molar-refractivity contribution in [2.24, 2.45) is 0 Å². The van der Waals surface area contributed by atoms with Gasteiger partial charge in [-0.3, -0.25) is 0 Å². The van der Waals surface area contributed by atoms with Crippen LogP contribution < -0.4 is 35.0 Å². The van der Waals surface area contributed by atoms with Crippen LogP contribution in [0.4, 0.5) is 34.1 Å². The number of benzene rings is 6. The molecular weight excluding hydrogens is 739 g/mol. The van der Waals surface area contributed by atoms with Crippen LogP contribution in [-0.4, -0.2) is 13.5 Å². The number of rotatable bonds is 3. The van der Waals surface area contributed by atoms with Crippen molar-refractivity contribution in [3.05, 3.63) is 137 Å². The lowest BCUT2D eigenvalue weighted by Crippen LogP contribution is -2.60. The molecule has 10 rings (SSSR count). The zero-order valence-corrected chi connectivity index (χ0v) is 37.1. The molecule has 0 N–H and O–H groups in total. The first-order valence-electron chi connectivity index (χ1n) is 21.0. The molecule has 0 atom stereocenters. The molecule has 3 aliphatic rings. The highest BCUT2D eigenvalue weighted by Gasteiger charge is 2.47. The Labute approximate surface area is 354 Å². The third-order valence-electron chi connectivity index (χ3n) is 12.7. The first kappa shape index (κ1) is 37.8. The Balaban J connectivity index is 1.32. The predicted molar refractivity (Wildman–Crippen MR) is 253 cm³/mol. The maximum atomic E-state index is 6.19. The SMILES string of the molecule is Cc1cc(C(C)(C)C)cc(C)c1N1c2cccc3c2B(c2cc4c(cc2N3c2ccc(C(C)(C)C)cc2-c2ccccc2)OCO4)c2sc3ccc(C(C)(C)C)cc3c21. The van der Waals surface area contributed by atoms with Gasteiger partial charge < -0.3 is 19.3 Å². The Morgan fingerprint density at radius 1 is 0.542 bits per heavy atom. The number of fused-ring (bicyclic) bond motifs is 7. The van der Waals surface area contributed by atoms with Crippen LogP contribution in [0.5, 0.6) is 11.5 Å². The van der Waals surface area contributed by atoms with Crippen molar-refractivity contribution in [2.45, 2.75) is 92.4 Å². The summed E-state index contributed by atoms with van der Waals surface area (Å²) in [7, 11) is 0. The molecule has 0 saturated heterocycles. The number of anilines is 6. The van der Waals surface area contributed by atoms with Gasteiger partial charge in [-0.15, -0.1) is 11.3 Å². The summed E-state index contributed by atoms with van der Waals surface area (Å²) in [5, 5.41) is 1.31. The number of nitrogens with zero attached hydrogens (tertiary/aromatic N) is 2. The molecule has 7 aromatic rings. The minimum atomic E-state index is -0.0211. The minimum absolute atomic E-state index is 0.00259. The Bertz CT molecular complexity index is 2830. The zero-order chi connectivity index (χ0) is 41.3. The van der Waals surface area contributed by atoms with Gasteiger partial charge in [0.05, 0.1) is 17.1 Å². The highest BCUT2D eigenvalue weighted by atomic mass is 32.1. The van der Waals surface area contributed by atoms with Crippen molar-refractivity contribution < 1.29 is 9.47 Å². The van der Waals surface area contributed by atoms with Gasteiger partial charge in [-0.2, -0.15) is 0 Å². The summed E-state index contributed by atoms with van der Waals surface area (Å²) in [6.07, 6.45) is 0. The van der Waals surface area contributed by atoms with Crippen molar-refractivity contribution >= 4 is 78.0 Å². The van der Waals surface area contributed by atoms with Gasteiger partial charge >= 0.3 is 0 Å². The number of hydrogen-bond acceptors (Lipinski definition) is 5. The second-order valence-corrected chi connectivity index (χ2v) is 21.0. The van der Waals surface area contributed by atoms with E-state index in [0.717, 1.165) is 22.9 Å². The molecule has 0 unspecified atom stereocenters. The van der Waals surface area contributed by atoms with Crippen LogP contribution in [0.15, 0.2) is 109 Å². The summed E-state index contributed by atoms with van der Waals surface area (Å²) in [4.78, 5) is 5.14. The van der Waals surface area contributed by atoms with Gasteiger partial charge in [-0.1, -0.05) is 123 Å². The van der Waals surface area contributed by atoms with Crippen LogP contribution in [0.3, 0.4) is 0 Å². The van der Waals surface area contributed by atoms with Crippen molar-refractivity contribution in [3.63, 3.8) is 0 Å². The fraction of sp³-hybridized carbons (Fsp3) is 0.283. The Kier molecular flexibility index (Phi) is 8.34. The smallest absolute Gasteiger partial charge is 0.264 e. The molecule has 1 aromatic heterocycles. The van der Waals surface area contributed by atoms with E-state index < -0.39 is 0 Å². The van der Waals surface area contributed by atoms with Crippen molar-refractivity contribution in [2.75, 3.05) is 16.6 Å². The van der Waals surface area contributed by atoms with Crippen molar-refractivity contribution in [3.8, 4) is 22.6 Å². The van der Waals surface area contributed by atoms with Gasteiger partial charge in [0.2, 0.25) is 6.79 Å². The summed E-state index contributed by atoms with van der Waals surface area (Å²) < 4.78 is 15.0. The highest BCUT2D eigenvalue weighted by molar-refractivity contribution is 7.33.